The van der Waals surface area contributed by atoms with Gasteiger partial charge in [-0.05, 0) is 167 Å². The Morgan fingerprint density at radius 2 is 0.867 bits per heavy atom. The Balaban J connectivity index is 0.979. The van der Waals surface area contributed by atoms with Crippen molar-refractivity contribution >= 4 is 17.1 Å². The molecule has 7 aromatic carbocycles. The number of anilines is 3. The van der Waals surface area contributed by atoms with E-state index >= 15 is 0 Å². The smallest absolute Gasteiger partial charge is 0.0543 e. The standard InChI is InChI=1S/C59H51N/c1-2-10-40(11-3-1)41-21-23-42(24-22-41)43-25-28-47(29-26-43)60(54-18-8-16-52-56(54)48-12-4-6-14-50(48)58(52)36-37-20-27-44(58)31-37)55-19-9-17-53-57(55)49-13-5-7-15-51(49)59(53)45-32-38-30-39(34-45)35-46(59)33-38/h1-19,21-26,28-29,37-39,44-46H,20,27,30-36H2. The Kier molecular flexibility index (Phi) is 7.07. The van der Waals surface area contributed by atoms with Crippen LogP contribution in [0.2, 0.25) is 0 Å². The molecule has 8 aliphatic carbocycles. The number of fused-ring (bicyclic) bond motifs is 11. The Morgan fingerprint density at radius 3 is 1.48 bits per heavy atom. The Labute approximate surface area is 355 Å². The number of nitrogens with zero attached hydrogens (tertiary/aromatic N) is 1. The van der Waals surface area contributed by atoms with Crippen LogP contribution in [0, 0.1) is 35.5 Å². The maximum Gasteiger partial charge on any atom is 0.0543 e. The lowest BCUT2D eigenvalue weighted by molar-refractivity contribution is -0.0399. The normalized spacial score (nSPS) is 29.2. The molecule has 1 heteroatoms. The summed E-state index contributed by atoms with van der Waals surface area (Å²) in [4.78, 5) is 2.70. The molecule has 6 fully saturated rings. The molecule has 60 heavy (non-hydrogen) atoms. The molecule has 0 heterocycles. The van der Waals surface area contributed by atoms with Gasteiger partial charge < -0.3 is 4.90 Å². The molecular formula is C59H51N. The van der Waals surface area contributed by atoms with Crippen molar-refractivity contribution in [1.29, 1.82) is 0 Å². The molecule has 0 N–H and O–H groups in total. The third kappa shape index (κ3) is 4.44. The summed E-state index contributed by atoms with van der Waals surface area (Å²) in [5.74, 6) is 4.88. The van der Waals surface area contributed by atoms with Crippen molar-refractivity contribution < 1.29 is 0 Å². The van der Waals surface area contributed by atoms with E-state index in [2.05, 4.69) is 169 Å². The molecule has 3 atom stereocenters. The van der Waals surface area contributed by atoms with E-state index in [1.165, 1.54) is 119 Å². The van der Waals surface area contributed by atoms with Crippen LogP contribution in [0.3, 0.4) is 0 Å². The third-order valence-corrected chi connectivity index (χ3v) is 17.5. The van der Waals surface area contributed by atoms with Crippen LogP contribution in [0.25, 0.3) is 44.5 Å². The molecule has 0 aromatic heterocycles. The Hall–Kier alpha value is -5.66. The first-order valence-electron chi connectivity index (χ1n) is 23.2. The number of rotatable bonds is 5. The van der Waals surface area contributed by atoms with E-state index in [9.17, 15) is 0 Å². The molecule has 0 radical (unpaired) electrons. The molecule has 292 valence electrons. The fraction of sp³-hybridized carbons (Fsp3) is 0.288. The summed E-state index contributed by atoms with van der Waals surface area (Å²) < 4.78 is 0. The van der Waals surface area contributed by atoms with Gasteiger partial charge in [0, 0.05) is 27.6 Å². The molecule has 0 saturated heterocycles. The predicted molar refractivity (Wildman–Crippen MR) is 247 cm³/mol. The highest BCUT2D eigenvalue weighted by Gasteiger charge is 2.62. The molecule has 2 spiro atoms. The van der Waals surface area contributed by atoms with Crippen LogP contribution in [0.1, 0.15) is 80.0 Å². The lowest BCUT2D eigenvalue weighted by Gasteiger charge is -2.61. The second-order valence-electron chi connectivity index (χ2n) is 20.0. The average Bonchev–Trinajstić information content (AvgIpc) is 4.06. The summed E-state index contributed by atoms with van der Waals surface area (Å²) in [7, 11) is 0. The first-order valence-corrected chi connectivity index (χ1v) is 23.2. The molecule has 6 saturated carbocycles. The zero-order valence-electron chi connectivity index (χ0n) is 34.4. The van der Waals surface area contributed by atoms with E-state index < -0.39 is 0 Å². The molecule has 0 amide bonds. The first kappa shape index (κ1) is 34.1. The van der Waals surface area contributed by atoms with Gasteiger partial charge in [0.25, 0.3) is 0 Å². The van der Waals surface area contributed by atoms with Gasteiger partial charge in [0.2, 0.25) is 0 Å². The van der Waals surface area contributed by atoms with Crippen LogP contribution >= 0.6 is 0 Å². The molecule has 0 aliphatic heterocycles. The minimum atomic E-state index is 0.120. The highest BCUT2D eigenvalue weighted by atomic mass is 15.1. The van der Waals surface area contributed by atoms with Crippen molar-refractivity contribution in [2.75, 3.05) is 4.90 Å². The van der Waals surface area contributed by atoms with Gasteiger partial charge in [0.05, 0.1) is 11.4 Å². The highest BCUT2D eigenvalue weighted by molar-refractivity contribution is 6.01. The highest BCUT2D eigenvalue weighted by Crippen LogP contribution is 2.71. The van der Waals surface area contributed by atoms with Crippen LogP contribution in [-0.2, 0) is 10.8 Å². The molecular weight excluding hydrogens is 723 g/mol. The summed E-state index contributed by atoms with van der Waals surface area (Å²) in [6.07, 6.45) is 12.5. The van der Waals surface area contributed by atoms with Crippen LogP contribution in [0.15, 0.2) is 164 Å². The van der Waals surface area contributed by atoms with Crippen LogP contribution in [0.5, 0.6) is 0 Å². The largest absolute Gasteiger partial charge is 0.309 e. The van der Waals surface area contributed by atoms with Crippen molar-refractivity contribution in [2.45, 2.75) is 68.6 Å². The SMILES string of the molecule is c1ccc(-c2ccc(-c3ccc(N(c4cccc5c4-c4ccccc4C54CC5CCC4C5)c4cccc5c4-c4ccccc4C54C5CC6CC(C5)CC4C6)cc3)cc2)cc1. The maximum absolute atomic E-state index is 2.70. The van der Waals surface area contributed by atoms with E-state index in [4.69, 9.17) is 0 Å². The molecule has 15 rings (SSSR count). The third-order valence-electron chi connectivity index (χ3n) is 17.5. The maximum atomic E-state index is 2.70. The first-order chi connectivity index (χ1) is 29.7. The van der Waals surface area contributed by atoms with Gasteiger partial charge in [0.15, 0.2) is 0 Å². The van der Waals surface area contributed by atoms with Crippen molar-refractivity contribution in [3.63, 3.8) is 0 Å². The molecule has 8 aliphatic rings. The zero-order valence-corrected chi connectivity index (χ0v) is 34.4. The second-order valence-corrected chi connectivity index (χ2v) is 20.0. The number of benzene rings is 7. The van der Waals surface area contributed by atoms with E-state index in [0.717, 1.165) is 35.5 Å². The van der Waals surface area contributed by atoms with Gasteiger partial charge in [0.1, 0.15) is 0 Å². The quantitative estimate of drug-likeness (QED) is 0.168. The molecule has 3 unspecified atom stereocenters. The predicted octanol–water partition coefficient (Wildman–Crippen LogP) is 15.3. The van der Waals surface area contributed by atoms with Gasteiger partial charge in [-0.3, -0.25) is 0 Å². The minimum Gasteiger partial charge on any atom is -0.309 e. The monoisotopic (exact) mass is 773 g/mol. The van der Waals surface area contributed by atoms with Crippen LogP contribution < -0.4 is 4.90 Å². The van der Waals surface area contributed by atoms with Crippen LogP contribution in [-0.4, -0.2) is 0 Å². The van der Waals surface area contributed by atoms with Crippen LogP contribution in [0.4, 0.5) is 17.1 Å². The fourth-order valence-electron chi connectivity index (χ4n) is 15.7. The lowest BCUT2D eigenvalue weighted by atomic mass is 9.43. The van der Waals surface area contributed by atoms with E-state index in [1.54, 1.807) is 22.3 Å². The van der Waals surface area contributed by atoms with Gasteiger partial charge >= 0.3 is 0 Å². The second kappa shape index (κ2) is 12.4. The zero-order chi connectivity index (χ0) is 39.2. The summed E-state index contributed by atoms with van der Waals surface area (Å²) in [6, 6.07) is 63.4. The molecule has 1 nitrogen and oxygen atoms in total. The summed E-state index contributed by atoms with van der Waals surface area (Å²) in [5, 5.41) is 0. The Bertz CT molecular complexity index is 2820. The molecule has 6 bridgehead atoms. The van der Waals surface area contributed by atoms with E-state index in [-0.39, 0.29) is 10.8 Å². The van der Waals surface area contributed by atoms with Gasteiger partial charge in [-0.15, -0.1) is 0 Å². The topological polar surface area (TPSA) is 3.24 Å². The summed E-state index contributed by atoms with van der Waals surface area (Å²) in [5.41, 5.74) is 21.5. The van der Waals surface area contributed by atoms with Gasteiger partial charge in [-0.1, -0.05) is 146 Å². The average molecular weight is 774 g/mol. The van der Waals surface area contributed by atoms with Crippen molar-refractivity contribution in [1.82, 2.24) is 0 Å². The lowest BCUT2D eigenvalue weighted by Crippen LogP contribution is -2.55. The van der Waals surface area contributed by atoms with E-state index in [1.807, 2.05) is 0 Å². The van der Waals surface area contributed by atoms with Crippen molar-refractivity contribution in [2.24, 2.45) is 35.5 Å². The number of hydrogen-bond acceptors (Lipinski definition) is 1. The number of hydrogen-bond donors (Lipinski definition) is 0. The summed E-state index contributed by atoms with van der Waals surface area (Å²) >= 11 is 0. The van der Waals surface area contributed by atoms with Gasteiger partial charge in [-0.2, -0.15) is 0 Å². The Morgan fingerprint density at radius 1 is 0.367 bits per heavy atom. The van der Waals surface area contributed by atoms with Crippen molar-refractivity contribution in [3.8, 4) is 44.5 Å². The molecule has 7 aromatic rings. The fourth-order valence-corrected chi connectivity index (χ4v) is 15.7. The van der Waals surface area contributed by atoms with Gasteiger partial charge in [-0.25, -0.2) is 0 Å². The minimum absolute atomic E-state index is 0.120. The van der Waals surface area contributed by atoms with Crippen molar-refractivity contribution in [3.05, 3.63) is 186 Å². The van der Waals surface area contributed by atoms with E-state index in [0.29, 0.717) is 0 Å². The summed E-state index contributed by atoms with van der Waals surface area (Å²) in [6.45, 7) is 0.